The van der Waals surface area contributed by atoms with Crippen LogP contribution in [0.25, 0.3) is 0 Å². The van der Waals surface area contributed by atoms with Crippen LogP contribution in [0.2, 0.25) is 0 Å². The number of benzene rings is 1. The molecule has 4 heteroatoms. The molecule has 2 atom stereocenters. The van der Waals surface area contributed by atoms with E-state index >= 15 is 0 Å². The summed E-state index contributed by atoms with van der Waals surface area (Å²) >= 11 is 0. The van der Waals surface area contributed by atoms with Gasteiger partial charge in [0.2, 0.25) is 0 Å². The van der Waals surface area contributed by atoms with Crippen molar-refractivity contribution in [3.63, 3.8) is 0 Å². The highest BCUT2D eigenvalue weighted by Crippen LogP contribution is 2.17. The van der Waals surface area contributed by atoms with Crippen molar-refractivity contribution in [2.45, 2.75) is 25.5 Å². The van der Waals surface area contributed by atoms with Gasteiger partial charge in [-0.15, -0.1) is 6.58 Å². The van der Waals surface area contributed by atoms with Crippen LogP contribution in [-0.4, -0.2) is 17.7 Å². The Labute approximate surface area is 100.0 Å². The van der Waals surface area contributed by atoms with Crippen molar-refractivity contribution in [3.8, 4) is 0 Å². The number of hydrogen-bond donors (Lipinski definition) is 2. The summed E-state index contributed by atoms with van der Waals surface area (Å²) in [6, 6.07) is 3.19. The Bertz CT molecular complexity index is 382. The number of nitrogens with one attached hydrogen (secondary N) is 1. The van der Waals surface area contributed by atoms with E-state index in [0.29, 0.717) is 0 Å². The van der Waals surface area contributed by atoms with E-state index in [9.17, 15) is 13.9 Å². The fourth-order valence-electron chi connectivity index (χ4n) is 1.53. The Kier molecular flexibility index (Phi) is 5.25. The van der Waals surface area contributed by atoms with Gasteiger partial charge in [0, 0.05) is 18.2 Å². The van der Waals surface area contributed by atoms with Gasteiger partial charge >= 0.3 is 0 Å². The largest absolute Gasteiger partial charge is 0.387 e. The summed E-state index contributed by atoms with van der Waals surface area (Å²) in [5, 5.41) is 12.8. The fraction of sp³-hybridized carbons (Fsp3) is 0.385. The molecular formula is C13H17F2NO. The third-order valence-electron chi connectivity index (χ3n) is 2.50. The van der Waals surface area contributed by atoms with Gasteiger partial charge in [0.15, 0.2) is 0 Å². The molecule has 0 saturated heterocycles. The third kappa shape index (κ3) is 4.24. The number of aliphatic hydroxyl groups is 1. The van der Waals surface area contributed by atoms with Crippen LogP contribution in [0.4, 0.5) is 8.78 Å². The van der Waals surface area contributed by atoms with Gasteiger partial charge < -0.3 is 10.4 Å². The molecule has 0 aliphatic carbocycles. The molecule has 94 valence electrons. The van der Waals surface area contributed by atoms with E-state index in [-0.39, 0.29) is 18.2 Å². The molecule has 0 aliphatic rings. The van der Waals surface area contributed by atoms with E-state index in [0.717, 1.165) is 24.6 Å². The first-order valence-corrected chi connectivity index (χ1v) is 5.52. The Morgan fingerprint density at radius 3 is 2.82 bits per heavy atom. The Morgan fingerprint density at radius 2 is 2.18 bits per heavy atom. The number of halogens is 2. The van der Waals surface area contributed by atoms with Gasteiger partial charge in [-0.25, -0.2) is 8.78 Å². The Balaban J connectivity index is 2.60. The average Bonchev–Trinajstić information content (AvgIpc) is 2.29. The summed E-state index contributed by atoms with van der Waals surface area (Å²) in [6.07, 6.45) is 1.45. The Hall–Kier alpha value is -1.26. The quantitative estimate of drug-likeness (QED) is 0.750. The first-order valence-electron chi connectivity index (χ1n) is 5.52. The summed E-state index contributed by atoms with van der Waals surface area (Å²) < 4.78 is 26.2. The van der Waals surface area contributed by atoms with Crippen molar-refractivity contribution in [2.75, 3.05) is 6.54 Å². The van der Waals surface area contributed by atoms with Gasteiger partial charge in [-0.1, -0.05) is 6.08 Å². The summed E-state index contributed by atoms with van der Waals surface area (Å²) in [5.41, 5.74) is -0.0247. The normalized spacial score (nSPS) is 14.4. The molecule has 0 bridgehead atoms. The molecule has 17 heavy (non-hydrogen) atoms. The average molecular weight is 241 g/mol. The van der Waals surface area contributed by atoms with Gasteiger partial charge in [-0.2, -0.15) is 0 Å². The monoisotopic (exact) mass is 241 g/mol. The highest BCUT2D eigenvalue weighted by Gasteiger charge is 2.14. The van der Waals surface area contributed by atoms with E-state index < -0.39 is 17.7 Å². The first-order chi connectivity index (χ1) is 8.04. The van der Waals surface area contributed by atoms with Gasteiger partial charge in [-0.3, -0.25) is 0 Å². The molecule has 0 spiro atoms. The minimum atomic E-state index is -1.06. The lowest BCUT2D eigenvalue weighted by Crippen LogP contribution is -2.30. The smallest absolute Gasteiger partial charge is 0.129 e. The van der Waals surface area contributed by atoms with Crippen molar-refractivity contribution in [2.24, 2.45) is 0 Å². The second-order valence-electron chi connectivity index (χ2n) is 4.02. The van der Waals surface area contributed by atoms with E-state index in [1.54, 1.807) is 6.08 Å². The third-order valence-corrected chi connectivity index (χ3v) is 2.50. The molecule has 1 aromatic carbocycles. The minimum Gasteiger partial charge on any atom is -0.387 e. The predicted molar refractivity (Wildman–Crippen MR) is 63.6 cm³/mol. The van der Waals surface area contributed by atoms with Crippen LogP contribution in [0.5, 0.6) is 0 Å². The van der Waals surface area contributed by atoms with Crippen LogP contribution in [0, 0.1) is 11.6 Å². The van der Waals surface area contributed by atoms with E-state index in [1.807, 2.05) is 6.92 Å². The van der Waals surface area contributed by atoms with E-state index in [1.165, 1.54) is 0 Å². The van der Waals surface area contributed by atoms with Crippen LogP contribution < -0.4 is 5.32 Å². The van der Waals surface area contributed by atoms with Gasteiger partial charge in [0.1, 0.15) is 11.6 Å². The molecule has 0 amide bonds. The summed E-state index contributed by atoms with van der Waals surface area (Å²) in [7, 11) is 0. The van der Waals surface area contributed by atoms with E-state index in [2.05, 4.69) is 11.9 Å². The topological polar surface area (TPSA) is 32.3 Å². The van der Waals surface area contributed by atoms with Crippen LogP contribution >= 0.6 is 0 Å². The van der Waals surface area contributed by atoms with Crippen molar-refractivity contribution < 1.29 is 13.9 Å². The highest BCUT2D eigenvalue weighted by atomic mass is 19.1. The molecular weight excluding hydrogens is 224 g/mol. The molecule has 1 aromatic rings. The molecule has 0 aliphatic heterocycles. The van der Waals surface area contributed by atoms with Crippen molar-refractivity contribution in [3.05, 3.63) is 48.1 Å². The van der Waals surface area contributed by atoms with Crippen molar-refractivity contribution in [1.29, 1.82) is 0 Å². The summed E-state index contributed by atoms with van der Waals surface area (Å²) in [4.78, 5) is 0. The number of rotatable bonds is 6. The van der Waals surface area contributed by atoms with Gasteiger partial charge in [-0.05, 0) is 31.5 Å². The van der Waals surface area contributed by atoms with Gasteiger partial charge in [0.05, 0.1) is 6.10 Å². The lowest BCUT2D eigenvalue weighted by molar-refractivity contribution is 0.166. The molecule has 0 aromatic heterocycles. The van der Waals surface area contributed by atoms with Crippen molar-refractivity contribution in [1.82, 2.24) is 5.32 Å². The second-order valence-corrected chi connectivity index (χ2v) is 4.02. The molecule has 2 N–H and O–H groups in total. The maximum absolute atomic E-state index is 13.3. The molecule has 1 rings (SSSR count). The molecule has 0 radical (unpaired) electrons. The molecule has 2 nitrogen and oxygen atoms in total. The fourth-order valence-corrected chi connectivity index (χ4v) is 1.53. The van der Waals surface area contributed by atoms with Crippen molar-refractivity contribution >= 4 is 0 Å². The maximum atomic E-state index is 13.3. The minimum absolute atomic E-state index is 0.0247. The predicted octanol–water partition coefficient (Wildman–Crippen LogP) is 2.55. The molecule has 0 saturated carbocycles. The molecule has 0 heterocycles. The Morgan fingerprint density at radius 1 is 1.47 bits per heavy atom. The molecule has 0 fully saturated rings. The second kappa shape index (κ2) is 6.47. The highest BCUT2D eigenvalue weighted by molar-refractivity contribution is 5.21. The first kappa shape index (κ1) is 13.8. The zero-order valence-electron chi connectivity index (χ0n) is 9.79. The SMILES string of the molecule is C=CCC(C)NCC(O)c1cc(F)ccc1F. The zero-order valence-corrected chi connectivity index (χ0v) is 9.79. The van der Waals surface area contributed by atoms with Crippen LogP contribution in [0.15, 0.2) is 30.9 Å². The van der Waals surface area contributed by atoms with Crippen LogP contribution in [0.3, 0.4) is 0 Å². The van der Waals surface area contributed by atoms with Crippen LogP contribution in [-0.2, 0) is 0 Å². The maximum Gasteiger partial charge on any atom is 0.129 e. The number of aliphatic hydroxyl groups excluding tert-OH is 1. The zero-order chi connectivity index (χ0) is 12.8. The lowest BCUT2D eigenvalue weighted by Gasteiger charge is -2.16. The standard InChI is InChI=1S/C13H17F2NO/c1-3-4-9(2)16-8-13(17)11-7-10(14)5-6-12(11)15/h3,5-7,9,13,16-17H,1,4,8H2,2H3. The molecule has 2 unspecified atom stereocenters. The van der Waals surface area contributed by atoms with E-state index in [4.69, 9.17) is 0 Å². The number of hydrogen-bond acceptors (Lipinski definition) is 2. The lowest BCUT2D eigenvalue weighted by atomic mass is 10.1. The van der Waals surface area contributed by atoms with Gasteiger partial charge in [0.25, 0.3) is 0 Å². The van der Waals surface area contributed by atoms with Crippen LogP contribution in [0.1, 0.15) is 25.0 Å². The summed E-state index contributed by atoms with van der Waals surface area (Å²) in [6.45, 7) is 5.70. The summed E-state index contributed by atoms with van der Waals surface area (Å²) in [5.74, 6) is -1.16.